The highest BCUT2D eigenvalue weighted by atomic mass is 79.9. The van der Waals surface area contributed by atoms with Gasteiger partial charge in [-0.15, -0.1) is 11.3 Å². The third-order valence-corrected chi connectivity index (χ3v) is 11.5. The van der Waals surface area contributed by atoms with Crippen LogP contribution < -0.4 is 9.46 Å². The first kappa shape index (κ1) is 29.1. The molecular formula is C22H17BrCl3F3N2O3S3. The second-order valence-corrected chi connectivity index (χ2v) is 14.4. The molecule has 0 saturated carbocycles. The van der Waals surface area contributed by atoms with Gasteiger partial charge in [0.05, 0.1) is 19.9 Å². The molecule has 0 spiro atoms. The zero-order valence-corrected chi connectivity index (χ0v) is 25.0. The van der Waals surface area contributed by atoms with Gasteiger partial charge in [-0.05, 0) is 59.7 Å². The molecule has 1 fully saturated rings. The normalized spacial score (nSPS) is 16.8. The first-order valence-electron chi connectivity index (χ1n) is 10.4. The summed E-state index contributed by atoms with van der Waals surface area (Å²) in [5.41, 5.74) is -1.09. The molecule has 0 radical (unpaired) electrons. The number of hydrogen-bond donors (Lipinski definition) is 1. The molecule has 5 nitrogen and oxygen atoms in total. The van der Waals surface area contributed by atoms with Crippen molar-refractivity contribution in [3.8, 4) is 5.75 Å². The highest BCUT2D eigenvalue weighted by Crippen LogP contribution is 2.48. The van der Waals surface area contributed by atoms with Gasteiger partial charge in [-0.2, -0.15) is 13.2 Å². The Bertz CT molecular complexity index is 1420. The van der Waals surface area contributed by atoms with Crippen LogP contribution in [0.15, 0.2) is 54.9 Å². The first-order valence-corrected chi connectivity index (χ1v) is 15.5. The van der Waals surface area contributed by atoms with E-state index in [1.807, 2.05) is 11.9 Å². The Morgan fingerprint density at radius 3 is 2.43 bits per heavy atom. The highest BCUT2D eigenvalue weighted by molar-refractivity contribution is 9.10. The third kappa shape index (κ3) is 7.02. The molecule has 37 heavy (non-hydrogen) atoms. The molecule has 15 heteroatoms. The fraction of sp³-hybridized carbons (Fsp3) is 0.273. The standard InChI is InChI=1S/C22H17BrCl3F3N2O3S3/c1-31-5-4-14(10-31)34-17-9-13(2-3-16(17)22(27,28)29)30-37(32,33)19-18(23)21(36-20(19)26)35-15-7-11(24)6-12(25)8-15/h2-3,6-9,14,30H,4-5,10H2,1H3/t14-/m1/s1. The maximum Gasteiger partial charge on any atom is 0.419 e. The summed E-state index contributed by atoms with van der Waals surface area (Å²) in [5, 5.41) is 0.820. The topological polar surface area (TPSA) is 58.6 Å². The number of thiophene rings is 1. The molecule has 2 aromatic carbocycles. The summed E-state index contributed by atoms with van der Waals surface area (Å²) < 4.78 is 76.0. The molecule has 1 atom stereocenters. The van der Waals surface area contributed by atoms with Crippen LogP contribution in [-0.4, -0.2) is 39.6 Å². The van der Waals surface area contributed by atoms with E-state index in [9.17, 15) is 21.6 Å². The predicted octanol–water partition coefficient (Wildman–Crippen LogP) is 8.52. The minimum atomic E-state index is -4.67. The third-order valence-electron chi connectivity index (χ3n) is 5.24. The molecule has 4 rings (SSSR count). The van der Waals surface area contributed by atoms with Crippen LogP contribution in [0.3, 0.4) is 0 Å². The Kier molecular flexibility index (Phi) is 8.92. The number of nitrogens with one attached hydrogen (secondary N) is 1. The van der Waals surface area contributed by atoms with Crippen LogP contribution in [0, 0.1) is 0 Å². The second-order valence-electron chi connectivity index (χ2n) is 8.12. The van der Waals surface area contributed by atoms with E-state index >= 15 is 0 Å². The number of rotatable bonds is 7. The molecule has 1 saturated heterocycles. The van der Waals surface area contributed by atoms with Crippen molar-refractivity contribution < 1.29 is 26.3 Å². The first-order chi connectivity index (χ1) is 17.2. The molecule has 1 N–H and O–H groups in total. The van der Waals surface area contributed by atoms with Crippen molar-refractivity contribution in [1.29, 1.82) is 0 Å². The molecule has 200 valence electrons. The minimum absolute atomic E-state index is 0.0348. The molecule has 3 aromatic rings. The van der Waals surface area contributed by atoms with Gasteiger partial charge >= 0.3 is 6.18 Å². The van der Waals surface area contributed by atoms with Gasteiger partial charge in [0.1, 0.15) is 21.1 Å². The van der Waals surface area contributed by atoms with Crippen molar-refractivity contribution in [2.75, 3.05) is 24.9 Å². The lowest BCUT2D eigenvalue weighted by molar-refractivity contribution is -0.139. The second kappa shape index (κ2) is 11.3. The van der Waals surface area contributed by atoms with Crippen LogP contribution in [0.25, 0.3) is 0 Å². The van der Waals surface area contributed by atoms with Gasteiger partial charge in [-0.1, -0.05) is 46.6 Å². The highest BCUT2D eigenvalue weighted by Gasteiger charge is 2.36. The van der Waals surface area contributed by atoms with Crippen LogP contribution >= 0.6 is 73.8 Å². The van der Waals surface area contributed by atoms with Gasteiger partial charge in [-0.3, -0.25) is 4.72 Å². The average molecular weight is 697 g/mol. The molecule has 2 heterocycles. The van der Waals surface area contributed by atoms with E-state index in [-0.39, 0.29) is 19.4 Å². The average Bonchev–Trinajstić information content (AvgIpc) is 3.28. The Balaban J connectivity index is 1.63. The van der Waals surface area contributed by atoms with Gasteiger partial charge in [-0.25, -0.2) is 8.42 Å². The molecular weight excluding hydrogens is 680 g/mol. The maximum absolute atomic E-state index is 13.6. The number of ether oxygens (including phenoxy) is 1. The van der Waals surface area contributed by atoms with Crippen LogP contribution in [0.5, 0.6) is 5.75 Å². The van der Waals surface area contributed by atoms with Gasteiger partial charge in [0.15, 0.2) is 0 Å². The minimum Gasteiger partial charge on any atom is -0.488 e. The molecule has 1 aliphatic rings. The lowest BCUT2D eigenvalue weighted by Crippen LogP contribution is -2.23. The lowest BCUT2D eigenvalue weighted by atomic mass is 10.1. The summed E-state index contributed by atoms with van der Waals surface area (Å²) >= 11 is 23.9. The zero-order chi connectivity index (χ0) is 27.1. The number of sulfonamides is 1. The van der Waals surface area contributed by atoms with E-state index in [1.165, 1.54) is 11.8 Å². The zero-order valence-electron chi connectivity index (χ0n) is 18.7. The van der Waals surface area contributed by atoms with E-state index in [2.05, 4.69) is 20.7 Å². The van der Waals surface area contributed by atoms with Gasteiger partial charge in [0, 0.05) is 34.1 Å². The number of anilines is 1. The summed E-state index contributed by atoms with van der Waals surface area (Å²) in [6, 6.07) is 7.76. The van der Waals surface area contributed by atoms with E-state index in [0.717, 1.165) is 29.5 Å². The van der Waals surface area contributed by atoms with Gasteiger partial charge in [0.25, 0.3) is 10.0 Å². The molecule has 0 unspecified atom stereocenters. The number of nitrogens with zero attached hydrogens (tertiary/aromatic N) is 1. The maximum atomic E-state index is 13.6. The molecule has 1 aliphatic heterocycles. The number of hydrogen-bond acceptors (Lipinski definition) is 6. The Labute approximate surface area is 243 Å². The van der Waals surface area contributed by atoms with Crippen molar-refractivity contribution in [3.05, 3.63) is 60.8 Å². The summed E-state index contributed by atoms with van der Waals surface area (Å²) in [6.07, 6.45) is -4.57. The molecule has 0 aliphatic carbocycles. The van der Waals surface area contributed by atoms with E-state index in [0.29, 0.717) is 38.7 Å². The van der Waals surface area contributed by atoms with Crippen molar-refractivity contribution in [2.45, 2.75) is 32.7 Å². The number of likely N-dealkylation sites (N-methyl/N-ethyl adjacent to an activating group) is 1. The van der Waals surface area contributed by atoms with E-state index in [1.54, 1.807) is 18.2 Å². The number of likely N-dealkylation sites (tertiary alicyclic amines) is 1. The van der Waals surface area contributed by atoms with Crippen molar-refractivity contribution in [1.82, 2.24) is 4.90 Å². The number of benzene rings is 2. The van der Waals surface area contributed by atoms with E-state index < -0.39 is 33.6 Å². The summed E-state index contributed by atoms with van der Waals surface area (Å²) in [7, 11) is -2.45. The van der Waals surface area contributed by atoms with E-state index in [4.69, 9.17) is 39.5 Å². The monoisotopic (exact) mass is 694 g/mol. The predicted molar refractivity (Wildman–Crippen MR) is 146 cm³/mol. The molecule has 1 aromatic heterocycles. The fourth-order valence-corrected chi connectivity index (χ4v) is 10.3. The summed E-state index contributed by atoms with van der Waals surface area (Å²) in [5.74, 6) is -0.447. The van der Waals surface area contributed by atoms with Crippen LogP contribution in [0.1, 0.15) is 12.0 Å². The fourth-order valence-electron chi connectivity index (χ4n) is 3.63. The summed E-state index contributed by atoms with van der Waals surface area (Å²) in [4.78, 5) is 2.36. The Morgan fingerprint density at radius 2 is 1.84 bits per heavy atom. The van der Waals surface area contributed by atoms with Crippen LogP contribution in [-0.2, 0) is 16.2 Å². The Morgan fingerprint density at radius 1 is 1.16 bits per heavy atom. The summed E-state index contributed by atoms with van der Waals surface area (Å²) in [6.45, 7) is 1.15. The van der Waals surface area contributed by atoms with Crippen LogP contribution in [0.2, 0.25) is 14.4 Å². The van der Waals surface area contributed by atoms with Crippen molar-refractivity contribution in [3.63, 3.8) is 0 Å². The number of alkyl halides is 3. The van der Waals surface area contributed by atoms with Gasteiger partial charge in [0.2, 0.25) is 0 Å². The number of halogens is 7. The van der Waals surface area contributed by atoms with Crippen molar-refractivity contribution in [2.24, 2.45) is 0 Å². The molecule has 0 bridgehead atoms. The van der Waals surface area contributed by atoms with Crippen LogP contribution in [0.4, 0.5) is 18.9 Å². The quantitative estimate of drug-likeness (QED) is 0.269. The van der Waals surface area contributed by atoms with Gasteiger partial charge < -0.3 is 9.64 Å². The smallest absolute Gasteiger partial charge is 0.419 e. The Hall–Kier alpha value is -0.860. The SMILES string of the molecule is CN1CC[C@@H](Oc2cc(NS(=O)(=O)c3c(Cl)sc(Sc4cc(Cl)cc(Cl)c4)c3Br)ccc2C(F)(F)F)C1. The van der Waals surface area contributed by atoms with Crippen molar-refractivity contribution >= 4 is 89.5 Å². The lowest BCUT2D eigenvalue weighted by Gasteiger charge is -2.19. The molecule has 0 amide bonds. The largest absolute Gasteiger partial charge is 0.488 e.